The van der Waals surface area contributed by atoms with Crippen LogP contribution >= 0.6 is 11.6 Å². The Morgan fingerprint density at radius 2 is 1.45 bits per heavy atom. The fourth-order valence-electron chi connectivity index (χ4n) is 4.60. The maximum absolute atomic E-state index is 13.6. The average molecular weight is 568 g/mol. The third kappa shape index (κ3) is 7.87. The van der Waals surface area contributed by atoms with Gasteiger partial charge in [0.2, 0.25) is 0 Å². The van der Waals surface area contributed by atoms with E-state index in [4.69, 9.17) is 21.4 Å². The highest BCUT2D eigenvalue weighted by molar-refractivity contribution is 6.32. The smallest absolute Gasteiger partial charge is 0.417 e. The molecule has 4 rings (SSSR count). The van der Waals surface area contributed by atoms with Gasteiger partial charge in [0.25, 0.3) is 0 Å². The van der Waals surface area contributed by atoms with Crippen molar-refractivity contribution in [2.75, 3.05) is 19.7 Å². The van der Waals surface area contributed by atoms with Crippen molar-refractivity contribution in [2.45, 2.75) is 25.1 Å². The SMILES string of the molecule is O=C(O)c1ccc(OCCCN(Cc2cccc(C(F)(F)F)c2Cl)CC(c2ccccc2)c2ccccc2)cc1. The Morgan fingerprint density at radius 1 is 0.850 bits per heavy atom. The largest absolute Gasteiger partial charge is 0.494 e. The lowest BCUT2D eigenvalue weighted by atomic mass is 9.90. The zero-order valence-electron chi connectivity index (χ0n) is 21.7. The number of rotatable bonds is 12. The third-order valence-electron chi connectivity index (χ3n) is 6.61. The lowest BCUT2D eigenvalue weighted by Gasteiger charge is -2.29. The van der Waals surface area contributed by atoms with E-state index in [0.29, 0.717) is 37.4 Å². The van der Waals surface area contributed by atoms with Gasteiger partial charge in [-0.25, -0.2) is 4.79 Å². The molecule has 0 unspecified atom stereocenters. The molecule has 0 aliphatic rings. The first-order chi connectivity index (χ1) is 19.2. The summed E-state index contributed by atoms with van der Waals surface area (Å²) in [4.78, 5) is 13.2. The van der Waals surface area contributed by atoms with Crippen molar-refractivity contribution in [1.82, 2.24) is 4.90 Å². The van der Waals surface area contributed by atoms with Crippen LogP contribution in [0, 0.1) is 0 Å². The summed E-state index contributed by atoms with van der Waals surface area (Å²) >= 11 is 6.27. The molecule has 0 fully saturated rings. The van der Waals surface area contributed by atoms with Gasteiger partial charge in [-0.05, 0) is 53.4 Å². The molecule has 4 aromatic rings. The summed E-state index contributed by atoms with van der Waals surface area (Å²) in [5, 5.41) is 8.79. The van der Waals surface area contributed by atoms with Crippen LogP contribution in [0.15, 0.2) is 103 Å². The van der Waals surface area contributed by atoms with Crippen molar-refractivity contribution < 1.29 is 27.8 Å². The Labute approximate surface area is 236 Å². The van der Waals surface area contributed by atoms with Gasteiger partial charge in [0.1, 0.15) is 5.75 Å². The first-order valence-corrected chi connectivity index (χ1v) is 13.2. The van der Waals surface area contributed by atoms with E-state index in [-0.39, 0.29) is 23.0 Å². The summed E-state index contributed by atoms with van der Waals surface area (Å²) in [6, 6.07) is 30.2. The molecule has 0 atom stereocenters. The molecule has 4 nitrogen and oxygen atoms in total. The number of benzene rings is 4. The summed E-state index contributed by atoms with van der Waals surface area (Å²) in [7, 11) is 0. The standard InChI is InChI=1S/C32H29ClF3NO3/c33-30-26(13-7-14-29(30)32(34,35)36)21-37(19-8-20-40-27-17-15-25(16-18-27)31(38)39)22-28(23-9-3-1-4-10-23)24-11-5-2-6-12-24/h1-7,9-18,28H,8,19-22H2,(H,38,39). The van der Waals surface area contributed by atoms with E-state index in [0.717, 1.165) is 17.2 Å². The number of carboxylic acids is 1. The molecule has 0 saturated carbocycles. The van der Waals surface area contributed by atoms with Gasteiger partial charge in [0.05, 0.1) is 22.8 Å². The molecule has 8 heteroatoms. The van der Waals surface area contributed by atoms with Gasteiger partial charge in [0.15, 0.2) is 0 Å². The first kappa shape index (κ1) is 29.2. The molecule has 0 aliphatic heterocycles. The van der Waals surface area contributed by atoms with Crippen LogP contribution in [0.4, 0.5) is 13.2 Å². The lowest BCUT2D eigenvalue weighted by Crippen LogP contribution is -2.31. The van der Waals surface area contributed by atoms with E-state index >= 15 is 0 Å². The highest BCUT2D eigenvalue weighted by Gasteiger charge is 2.34. The minimum atomic E-state index is -4.54. The van der Waals surface area contributed by atoms with E-state index in [1.807, 2.05) is 36.4 Å². The summed E-state index contributed by atoms with van der Waals surface area (Å²) in [5.74, 6) is -0.484. The second-order valence-electron chi connectivity index (χ2n) is 9.42. The van der Waals surface area contributed by atoms with Crippen molar-refractivity contribution >= 4 is 17.6 Å². The van der Waals surface area contributed by atoms with Gasteiger partial charge in [-0.3, -0.25) is 4.90 Å². The fourth-order valence-corrected chi connectivity index (χ4v) is 4.89. The third-order valence-corrected chi connectivity index (χ3v) is 7.06. The molecule has 0 aromatic heterocycles. The van der Waals surface area contributed by atoms with Gasteiger partial charge < -0.3 is 9.84 Å². The van der Waals surface area contributed by atoms with Crippen LogP contribution in [0.2, 0.25) is 5.02 Å². The number of alkyl halides is 3. The Kier molecular flexibility index (Phi) is 9.85. The maximum Gasteiger partial charge on any atom is 0.417 e. The number of carbonyl (C=O) groups is 1. The van der Waals surface area contributed by atoms with Crippen LogP contribution in [-0.2, 0) is 12.7 Å². The number of carboxylic acid groups (broad SMARTS) is 1. The van der Waals surface area contributed by atoms with Crippen molar-refractivity contribution in [1.29, 1.82) is 0 Å². The Morgan fingerprint density at radius 3 is 2.00 bits per heavy atom. The highest BCUT2D eigenvalue weighted by atomic mass is 35.5. The van der Waals surface area contributed by atoms with Crippen LogP contribution < -0.4 is 4.74 Å². The lowest BCUT2D eigenvalue weighted by molar-refractivity contribution is -0.137. The second-order valence-corrected chi connectivity index (χ2v) is 9.80. The quantitative estimate of drug-likeness (QED) is 0.175. The van der Waals surface area contributed by atoms with Gasteiger partial charge in [-0.1, -0.05) is 84.4 Å². The molecule has 40 heavy (non-hydrogen) atoms. The molecular weight excluding hydrogens is 539 g/mol. The number of halogens is 4. The Hall–Kier alpha value is -3.81. The Balaban J connectivity index is 1.54. The molecule has 0 radical (unpaired) electrons. The van der Waals surface area contributed by atoms with E-state index in [1.165, 1.54) is 18.2 Å². The van der Waals surface area contributed by atoms with Crippen LogP contribution in [-0.4, -0.2) is 35.7 Å². The molecular formula is C32H29ClF3NO3. The summed E-state index contributed by atoms with van der Waals surface area (Å²) in [6.07, 6.45) is -3.95. The van der Waals surface area contributed by atoms with Gasteiger partial charge in [-0.15, -0.1) is 0 Å². The topological polar surface area (TPSA) is 49.8 Å². The van der Waals surface area contributed by atoms with Crippen molar-refractivity contribution in [3.63, 3.8) is 0 Å². The molecule has 0 aliphatic carbocycles. The Bertz CT molecular complexity index is 1340. The molecule has 0 heterocycles. The molecule has 0 spiro atoms. The predicted octanol–water partition coefficient (Wildman–Crippen LogP) is 8.16. The molecule has 208 valence electrons. The van der Waals surface area contributed by atoms with E-state index in [9.17, 15) is 18.0 Å². The number of ether oxygens (including phenoxy) is 1. The van der Waals surface area contributed by atoms with Gasteiger partial charge in [-0.2, -0.15) is 13.2 Å². The summed E-state index contributed by atoms with van der Waals surface area (Å²) in [6.45, 7) is 1.66. The minimum absolute atomic E-state index is 0.0172. The number of aromatic carboxylic acids is 1. The normalized spacial score (nSPS) is 11.7. The maximum atomic E-state index is 13.6. The number of hydrogen-bond acceptors (Lipinski definition) is 3. The van der Waals surface area contributed by atoms with Crippen LogP contribution in [0.1, 0.15) is 45.0 Å². The molecule has 4 aromatic carbocycles. The van der Waals surface area contributed by atoms with Crippen LogP contribution in [0.5, 0.6) is 5.75 Å². The minimum Gasteiger partial charge on any atom is -0.494 e. The zero-order chi connectivity index (χ0) is 28.5. The van der Waals surface area contributed by atoms with Crippen molar-refractivity contribution in [3.8, 4) is 5.75 Å². The highest BCUT2D eigenvalue weighted by Crippen LogP contribution is 2.37. The fraction of sp³-hybridized carbons (Fsp3) is 0.219. The van der Waals surface area contributed by atoms with E-state index in [2.05, 4.69) is 29.2 Å². The second kappa shape index (κ2) is 13.5. The molecule has 0 amide bonds. The predicted molar refractivity (Wildman–Crippen MR) is 150 cm³/mol. The molecule has 1 N–H and O–H groups in total. The monoisotopic (exact) mass is 567 g/mol. The van der Waals surface area contributed by atoms with Crippen molar-refractivity contribution in [3.05, 3.63) is 136 Å². The van der Waals surface area contributed by atoms with Gasteiger partial charge >= 0.3 is 12.1 Å². The van der Waals surface area contributed by atoms with E-state index < -0.39 is 17.7 Å². The van der Waals surface area contributed by atoms with Crippen LogP contribution in [0.25, 0.3) is 0 Å². The molecule has 0 bridgehead atoms. The summed E-state index contributed by atoms with van der Waals surface area (Å²) in [5.41, 5.74) is 1.93. The van der Waals surface area contributed by atoms with E-state index in [1.54, 1.807) is 18.2 Å². The van der Waals surface area contributed by atoms with Gasteiger partial charge in [0, 0.05) is 25.6 Å². The first-order valence-electron chi connectivity index (χ1n) is 12.9. The van der Waals surface area contributed by atoms with Crippen molar-refractivity contribution in [2.24, 2.45) is 0 Å². The van der Waals surface area contributed by atoms with Crippen LogP contribution in [0.3, 0.4) is 0 Å². The number of nitrogens with zero attached hydrogens (tertiary/aromatic N) is 1. The summed E-state index contributed by atoms with van der Waals surface area (Å²) < 4.78 is 46.5. The molecule has 0 saturated heterocycles. The number of hydrogen-bond donors (Lipinski definition) is 1. The zero-order valence-corrected chi connectivity index (χ0v) is 22.4. The average Bonchev–Trinajstić information content (AvgIpc) is 2.95.